The number of benzene rings is 1. The van der Waals surface area contributed by atoms with Crippen molar-refractivity contribution in [3.05, 3.63) is 28.8 Å². The Balaban J connectivity index is 2.03. The van der Waals surface area contributed by atoms with Gasteiger partial charge in [0.15, 0.2) is 0 Å². The molecule has 0 amide bonds. The molecule has 2 aromatic rings. The lowest BCUT2D eigenvalue weighted by Gasteiger charge is -2.02. The van der Waals surface area contributed by atoms with E-state index in [1.807, 2.05) is 0 Å². The standard InChI is InChI=1S/C12H11NO3S/c14-12(15)7-3-4-8-10(6-7)17-11(13-8)9-2-1-5-16-9/h3-4,6,9H,1-2,5H2,(H,14,15). The van der Waals surface area contributed by atoms with Crippen LogP contribution >= 0.6 is 11.3 Å². The summed E-state index contributed by atoms with van der Waals surface area (Å²) >= 11 is 1.53. The third-order valence-corrected chi connectivity index (χ3v) is 3.97. The number of fused-ring (bicyclic) bond motifs is 1. The molecule has 1 saturated heterocycles. The second-order valence-corrected chi connectivity index (χ2v) is 5.10. The molecule has 0 bridgehead atoms. The average Bonchev–Trinajstić information content (AvgIpc) is 2.96. The van der Waals surface area contributed by atoms with Gasteiger partial charge in [-0.25, -0.2) is 9.78 Å². The van der Waals surface area contributed by atoms with Gasteiger partial charge in [0.1, 0.15) is 11.1 Å². The highest BCUT2D eigenvalue weighted by atomic mass is 32.1. The number of hydrogen-bond donors (Lipinski definition) is 1. The maximum Gasteiger partial charge on any atom is 0.335 e. The Morgan fingerprint density at radius 3 is 3.12 bits per heavy atom. The Bertz CT molecular complexity index is 572. The summed E-state index contributed by atoms with van der Waals surface area (Å²) in [5.74, 6) is -0.904. The predicted molar refractivity (Wildman–Crippen MR) is 64.5 cm³/mol. The van der Waals surface area contributed by atoms with Crippen molar-refractivity contribution >= 4 is 27.5 Å². The van der Waals surface area contributed by atoms with E-state index in [1.54, 1.807) is 18.2 Å². The van der Waals surface area contributed by atoms with E-state index in [-0.39, 0.29) is 6.10 Å². The van der Waals surface area contributed by atoms with E-state index in [0.29, 0.717) is 5.56 Å². The molecule has 0 radical (unpaired) electrons. The molecule has 0 spiro atoms. The van der Waals surface area contributed by atoms with Crippen LogP contribution in [0.3, 0.4) is 0 Å². The monoisotopic (exact) mass is 249 g/mol. The van der Waals surface area contributed by atoms with Gasteiger partial charge in [-0.1, -0.05) is 0 Å². The van der Waals surface area contributed by atoms with Crippen molar-refractivity contribution in [2.75, 3.05) is 6.61 Å². The van der Waals surface area contributed by atoms with Crippen LogP contribution in [0.15, 0.2) is 18.2 Å². The van der Waals surface area contributed by atoms with Crippen LogP contribution in [0.4, 0.5) is 0 Å². The first-order chi connectivity index (χ1) is 8.24. The molecule has 4 nitrogen and oxygen atoms in total. The van der Waals surface area contributed by atoms with Gasteiger partial charge in [0.05, 0.1) is 15.8 Å². The first-order valence-corrected chi connectivity index (χ1v) is 6.31. The van der Waals surface area contributed by atoms with E-state index in [4.69, 9.17) is 9.84 Å². The molecule has 88 valence electrons. The minimum atomic E-state index is -0.904. The van der Waals surface area contributed by atoms with Gasteiger partial charge < -0.3 is 9.84 Å². The van der Waals surface area contributed by atoms with Crippen LogP contribution in [0.5, 0.6) is 0 Å². The smallest absolute Gasteiger partial charge is 0.335 e. The van der Waals surface area contributed by atoms with Gasteiger partial charge in [0.25, 0.3) is 0 Å². The summed E-state index contributed by atoms with van der Waals surface area (Å²) in [5, 5.41) is 9.88. The predicted octanol–water partition coefficient (Wildman–Crippen LogP) is 2.85. The molecule has 1 aliphatic rings. The fourth-order valence-corrected chi connectivity index (χ4v) is 3.08. The zero-order chi connectivity index (χ0) is 11.8. The lowest BCUT2D eigenvalue weighted by Crippen LogP contribution is -1.94. The first kappa shape index (κ1) is 10.7. The topological polar surface area (TPSA) is 59.4 Å². The summed E-state index contributed by atoms with van der Waals surface area (Å²) in [6.07, 6.45) is 2.17. The molecule has 1 unspecified atom stereocenters. The summed E-state index contributed by atoms with van der Waals surface area (Å²) in [5.41, 5.74) is 1.16. The summed E-state index contributed by atoms with van der Waals surface area (Å²) in [6.45, 7) is 0.793. The van der Waals surface area contributed by atoms with Crippen LogP contribution < -0.4 is 0 Å². The highest BCUT2D eigenvalue weighted by Crippen LogP contribution is 2.34. The van der Waals surface area contributed by atoms with Gasteiger partial charge in [0, 0.05) is 6.61 Å². The van der Waals surface area contributed by atoms with Crippen molar-refractivity contribution in [2.24, 2.45) is 0 Å². The second kappa shape index (κ2) is 4.09. The Morgan fingerprint density at radius 1 is 1.53 bits per heavy atom. The Hall–Kier alpha value is -1.46. The Morgan fingerprint density at radius 2 is 2.41 bits per heavy atom. The molecule has 1 aromatic heterocycles. The molecular formula is C12H11NO3S. The molecular weight excluding hydrogens is 238 g/mol. The fraction of sp³-hybridized carbons (Fsp3) is 0.333. The molecule has 0 aliphatic carbocycles. The number of aromatic carboxylic acids is 1. The van der Waals surface area contributed by atoms with Crippen LogP contribution in [0, 0.1) is 0 Å². The van der Waals surface area contributed by atoms with Crippen molar-refractivity contribution < 1.29 is 14.6 Å². The van der Waals surface area contributed by atoms with Crippen molar-refractivity contribution in [3.63, 3.8) is 0 Å². The number of ether oxygens (including phenoxy) is 1. The number of hydrogen-bond acceptors (Lipinski definition) is 4. The molecule has 1 N–H and O–H groups in total. The van der Waals surface area contributed by atoms with Gasteiger partial charge in [-0.2, -0.15) is 0 Å². The normalized spacial score (nSPS) is 19.9. The molecule has 17 heavy (non-hydrogen) atoms. The number of aromatic nitrogens is 1. The first-order valence-electron chi connectivity index (χ1n) is 5.49. The quantitative estimate of drug-likeness (QED) is 0.889. The fourth-order valence-electron chi connectivity index (χ4n) is 1.99. The number of carboxylic acid groups (broad SMARTS) is 1. The molecule has 2 heterocycles. The minimum absolute atomic E-state index is 0.0979. The minimum Gasteiger partial charge on any atom is -0.478 e. The molecule has 1 fully saturated rings. The van der Waals surface area contributed by atoms with Crippen molar-refractivity contribution in [1.82, 2.24) is 4.98 Å². The van der Waals surface area contributed by atoms with E-state index in [2.05, 4.69) is 4.98 Å². The SMILES string of the molecule is O=C(O)c1ccc2nc(C3CCCO3)sc2c1. The van der Waals surface area contributed by atoms with Crippen molar-refractivity contribution in [3.8, 4) is 0 Å². The summed E-state index contributed by atoms with van der Waals surface area (Å²) in [7, 11) is 0. The summed E-state index contributed by atoms with van der Waals surface area (Å²) < 4.78 is 6.49. The van der Waals surface area contributed by atoms with E-state index in [0.717, 1.165) is 34.7 Å². The second-order valence-electron chi connectivity index (χ2n) is 4.04. The largest absolute Gasteiger partial charge is 0.478 e. The zero-order valence-corrected chi connectivity index (χ0v) is 9.87. The van der Waals surface area contributed by atoms with Gasteiger partial charge in [0.2, 0.25) is 0 Å². The number of carboxylic acids is 1. The van der Waals surface area contributed by atoms with E-state index in [1.165, 1.54) is 11.3 Å². The van der Waals surface area contributed by atoms with Crippen LogP contribution in [-0.4, -0.2) is 22.7 Å². The van der Waals surface area contributed by atoms with Gasteiger partial charge in [-0.3, -0.25) is 0 Å². The van der Waals surface area contributed by atoms with E-state index in [9.17, 15) is 4.79 Å². The van der Waals surface area contributed by atoms with Gasteiger partial charge in [-0.05, 0) is 31.0 Å². The van der Waals surface area contributed by atoms with Gasteiger partial charge >= 0.3 is 5.97 Å². The third kappa shape index (κ3) is 1.92. The van der Waals surface area contributed by atoms with Crippen LogP contribution in [0.2, 0.25) is 0 Å². The van der Waals surface area contributed by atoms with Crippen molar-refractivity contribution in [1.29, 1.82) is 0 Å². The Kier molecular flexibility index (Phi) is 2.57. The average molecular weight is 249 g/mol. The highest BCUT2D eigenvalue weighted by Gasteiger charge is 2.21. The summed E-state index contributed by atoms with van der Waals surface area (Å²) in [6, 6.07) is 5.02. The van der Waals surface area contributed by atoms with Crippen LogP contribution in [-0.2, 0) is 4.74 Å². The van der Waals surface area contributed by atoms with E-state index < -0.39 is 5.97 Å². The van der Waals surface area contributed by atoms with Gasteiger partial charge in [-0.15, -0.1) is 11.3 Å². The van der Waals surface area contributed by atoms with Crippen molar-refractivity contribution in [2.45, 2.75) is 18.9 Å². The maximum absolute atomic E-state index is 10.9. The van der Waals surface area contributed by atoms with E-state index >= 15 is 0 Å². The Labute approximate surface area is 102 Å². The molecule has 1 aliphatic heterocycles. The number of carbonyl (C=O) groups is 1. The third-order valence-electron chi connectivity index (χ3n) is 2.86. The number of rotatable bonds is 2. The number of thiazole rings is 1. The lowest BCUT2D eigenvalue weighted by atomic mass is 10.2. The molecule has 5 heteroatoms. The molecule has 0 saturated carbocycles. The number of nitrogens with zero attached hydrogens (tertiary/aromatic N) is 1. The zero-order valence-electron chi connectivity index (χ0n) is 9.05. The molecule has 1 atom stereocenters. The van der Waals surface area contributed by atoms with Crippen LogP contribution in [0.25, 0.3) is 10.2 Å². The summed E-state index contributed by atoms with van der Waals surface area (Å²) in [4.78, 5) is 15.4. The maximum atomic E-state index is 10.9. The molecule has 3 rings (SSSR count). The van der Waals surface area contributed by atoms with Crippen LogP contribution in [0.1, 0.15) is 34.3 Å². The highest BCUT2D eigenvalue weighted by molar-refractivity contribution is 7.18. The lowest BCUT2D eigenvalue weighted by molar-refractivity contribution is 0.0697. The molecule has 1 aromatic carbocycles.